The van der Waals surface area contributed by atoms with Crippen LogP contribution in [0.25, 0.3) is 0 Å². The molecule has 0 bridgehead atoms. The van der Waals surface area contributed by atoms with Gasteiger partial charge in [0.1, 0.15) is 6.04 Å². The lowest BCUT2D eigenvalue weighted by molar-refractivity contribution is -0.123. The molecule has 0 radical (unpaired) electrons. The van der Waals surface area contributed by atoms with E-state index in [1.807, 2.05) is 19.1 Å². The molecule has 2 rings (SSSR count). The van der Waals surface area contributed by atoms with Crippen molar-refractivity contribution in [2.24, 2.45) is 0 Å². The molecule has 1 heterocycles. The van der Waals surface area contributed by atoms with Crippen LogP contribution < -0.4 is 5.32 Å². The van der Waals surface area contributed by atoms with Gasteiger partial charge in [-0.2, -0.15) is 4.31 Å². The first-order valence-corrected chi connectivity index (χ1v) is 8.27. The summed E-state index contributed by atoms with van der Waals surface area (Å²) in [5, 5.41) is 2.53. The second-order valence-corrected chi connectivity index (χ2v) is 6.78. The van der Waals surface area contributed by atoms with E-state index >= 15 is 0 Å². The predicted octanol–water partition coefficient (Wildman–Crippen LogP) is 1.15. The number of amides is 1. The normalized spacial score (nSPS) is 20.0. The minimum absolute atomic E-state index is 0.240. The second kappa shape index (κ2) is 5.93. The van der Waals surface area contributed by atoms with Crippen LogP contribution in [-0.4, -0.2) is 38.3 Å². The third-order valence-electron chi connectivity index (χ3n) is 3.69. The fourth-order valence-corrected chi connectivity index (χ4v) is 4.15. The number of nitrogens with zero attached hydrogens (tertiary/aromatic N) is 1. The van der Waals surface area contributed by atoms with Gasteiger partial charge in [0, 0.05) is 13.6 Å². The van der Waals surface area contributed by atoms with Crippen LogP contribution in [0.5, 0.6) is 0 Å². The van der Waals surface area contributed by atoms with Crippen LogP contribution in [0.2, 0.25) is 0 Å². The number of benzene rings is 1. The summed E-state index contributed by atoms with van der Waals surface area (Å²) in [4.78, 5) is 12.0. The van der Waals surface area contributed by atoms with E-state index in [0.29, 0.717) is 19.4 Å². The van der Waals surface area contributed by atoms with Crippen molar-refractivity contribution >= 4 is 15.9 Å². The summed E-state index contributed by atoms with van der Waals surface area (Å²) in [6, 6.07) is 6.28. The molecule has 6 heteroatoms. The number of sulfonamides is 1. The summed E-state index contributed by atoms with van der Waals surface area (Å²) in [6.07, 6.45) is 2.15. The van der Waals surface area contributed by atoms with Crippen LogP contribution in [0.1, 0.15) is 25.3 Å². The Labute approximate surface area is 120 Å². The topological polar surface area (TPSA) is 66.5 Å². The van der Waals surface area contributed by atoms with Gasteiger partial charge < -0.3 is 5.32 Å². The van der Waals surface area contributed by atoms with Crippen LogP contribution in [0, 0.1) is 0 Å². The summed E-state index contributed by atoms with van der Waals surface area (Å²) in [7, 11) is -2.07. The van der Waals surface area contributed by atoms with Gasteiger partial charge >= 0.3 is 0 Å². The zero-order chi connectivity index (χ0) is 14.8. The van der Waals surface area contributed by atoms with E-state index in [2.05, 4.69) is 5.32 Å². The Kier molecular flexibility index (Phi) is 4.45. The molecule has 0 saturated carbocycles. The van der Waals surface area contributed by atoms with Gasteiger partial charge in [-0.1, -0.05) is 19.1 Å². The lowest BCUT2D eigenvalue weighted by Crippen LogP contribution is -2.44. The van der Waals surface area contributed by atoms with Crippen molar-refractivity contribution in [2.45, 2.75) is 37.1 Å². The first-order valence-electron chi connectivity index (χ1n) is 6.83. The van der Waals surface area contributed by atoms with E-state index in [1.165, 1.54) is 11.4 Å². The first-order chi connectivity index (χ1) is 9.50. The standard InChI is InChI=1S/C14H20N2O3S/c1-3-11-6-8-12(9-7-11)20(18,19)16-10-4-5-13(16)14(17)15-2/h6-9,13H,3-5,10H2,1-2H3,(H,15,17). The highest BCUT2D eigenvalue weighted by Gasteiger charge is 2.38. The summed E-state index contributed by atoms with van der Waals surface area (Å²) in [5.41, 5.74) is 1.09. The lowest BCUT2D eigenvalue weighted by Gasteiger charge is -2.22. The second-order valence-electron chi connectivity index (χ2n) is 4.89. The van der Waals surface area contributed by atoms with E-state index in [-0.39, 0.29) is 10.8 Å². The fourth-order valence-electron chi connectivity index (χ4n) is 2.49. The molecule has 1 amide bonds. The van der Waals surface area contributed by atoms with Crippen LogP contribution >= 0.6 is 0 Å². The molecule has 1 atom stereocenters. The molecule has 1 N–H and O–H groups in total. The molecule has 1 fully saturated rings. The fraction of sp³-hybridized carbons (Fsp3) is 0.500. The zero-order valence-electron chi connectivity index (χ0n) is 11.8. The molecule has 0 aromatic heterocycles. The highest BCUT2D eigenvalue weighted by molar-refractivity contribution is 7.89. The number of hydrogen-bond acceptors (Lipinski definition) is 3. The summed E-state index contributed by atoms with van der Waals surface area (Å²) >= 11 is 0. The molecule has 20 heavy (non-hydrogen) atoms. The van der Waals surface area contributed by atoms with Crippen molar-refractivity contribution in [1.82, 2.24) is 9.62 Å². The molecular formula is C14H20N2O3S. The van der Waals surface area contributed by atoms with Gasteiger partial charge in [-0.15, -0.1) is 0 Å². The quantitative estimate of drug-likeness (QED) is 0.906. The van der Waals surface area contributed by atoms with Crippen molar-refractivity contribution in [2.75, 3.05) is 13.6 Å². The zero-order valence-corrected chi connectivity index (χ0v) is 12.6. The van der Waals surface area contributed by atoms with E-state index < -0.39 is 16.1 Å². The molecule has 110 valence electrons. The van der Waals surface area contributed by atoms with Crippen molar-refractivity contribution < 1.29 is 13.2 Å². The molecule has 1 aromatic rings. The summed E-state index contributed by atoms with van der Waals surface area (Å²) in [5.74, 6) is -0.240. The Balaban J connectivity index is 2.31. The SMILES string of the molecule is CCc1ccc(S(=O)(=O)N2CCCC2C(=O)NC)cc1. The maximum absolute atomic E-state index is 12.6. The van der Waals surface area contributed by atoms with Gasteiger partial charge in [-0.05, 0) is 37.0 Å². The van der Waals surface area contributed by atoms with Crippen molar-refractivity contribution in [3.8, 4) is 0 Å². The maximum Gasteiger partial charge on any atom is 0.243 e. The number of likely N-dealkylation sites (N-methyl/N-ethyl adjacent to an activating group) is 1. The van der Waals surface area contributed by atoms with Gasteiger partial charge in [0.2, 0.25) is 15.9 Å². The van der Waals surface area contributed by atoms with E-state index in [4.69, 9.17) is 0 Å². The van der Waals surface area contributed by atoms with Crippen LogP contribution in [-0.2, 0) is 21.2 Å². The molecule has 1 saturated heterocycles. The van der Waals surface area contributed by atoms with Gasteiger partial charge in [0.25, 0.3) is 0 Å². The summed E-state index contributed by atoms with van der Waals surface area (Å²) < 4.78 is 26.5. The molecule has 5 nitrogen and oxygen atoms in total. The number of nitrogens with one attached hydrogen (secondary N) is 1. The van der Waals surface area contributed by atoms with Gasteiger partial charge in [0.05, 0.1) is 4.90 Å². The minimum atomic E-state index is -3.60. The Hall–Kier alpha value is -1.40. The van der Waals surface area contributed by atoms with E-state index in [1.54, 1.807) is 12.1 Å². The number of hydrogen-bond donors (Lipinski definition) is 1. The maximum atomic E-state index is 12.6. The molecule has 1 aromatic carbocycles. The average Bonchev–Trinajstić information content (AvgIpc) is 2.96. The Morgan fingerprint density at radius 1 is 1.35 bits per heavy atom. The number of carbonyl (C=O) groups excluding carboxylic acids is 1. The van der Waals surface area contributed by atoms with Crippen molar-refractivity contribution in [3.05, 3.63) is 29.8 Å². The first kappa shape index (κ1) is 15.0. The average molecular weight is 296 g/mol. The van der Waals surface area contributed by atoms with Gasteiger partial charge in [0.15, 0.2) is 0 Å². The summed E-state index contributed by atoms with van der Waals surface area (Å²) in [6.45, 7) is 2.42. The smallest absolute Gasteiger partial charge is 0.243 e. The molecule has 0 spiro atoms. The predicted molar refractivity (Wildman–Crippen MR) is 76.8 cm³/mol. The van der Waals surface area contributed by atoms with Crippen molar-refractivity contribution in [1.29, 1.82) is 0 Å². The highest BCUT2D eigenvalue weighted by Crippen LogP contribution is 2.26. The highest BCUT2D eigenvalue weighted by atomic mass is 32.2. The van der Waals surface area contributed by atoms with Gasteiger partial charge in [-0.3, -0.25) is 4.79 Å². The molecule has 1 aliphatic rings. The minimum Gasteiger partial charge on any atom is -0.358 e. The Bertz CT molecular complexity index is 581. The van der Waals surface area contributed by atoms with Crippen LogP contribution in [0.4, 0.5) is 0 Å². The monoisotopic (exact) mass is 296 g/mol. The Morgan fingerprint density at radius 2 is 2.00 bits per heavy atom. The number of rotatable bonds is 4. The third kappa shape index (κ3) is 2.71. The molecular weight excluding hydrogens is 276 g/mol. The van der Waals surface area contributed by atoms with Crippen LogP contribution in [0.3, 0.4) is 0 Å². The number of aryl methyl sites for hydroxylation is 1. The van der Waals surface area contributed by atoms with Gasteiger partial charge in [-0.25, -0.2) is 8.42 Å². The van der Waals surface area contributed by atoms with E-state index in [9.17, 15) is 13.2 Å². The number of carbonyl (C=O) groups is 1. The third-order valence-corrected chi connectivity index (χ3v) is 5.61. The van der Waals surface area contributed by atoms with Crippen LogP contribution in [0.15, 0.2) is 29.2 Å². The van der Waals surface area contributed by atoms with Crippen molar-refractivity contribution in [3.63, 3.8) is 0 Å². The van der Waals surface area contributed by atoms with E-state index in [0.717, 1.165) is 12.0 Å². The molecule has 0 aliphatic carbocycles. The largest absolute Gasteiger partial charge is 0.358 e. The Morgan fingerprint density at radius 3 is 2.55 bits per heavy atom. The molecule has 1 unspecified atom stereocenters. The molecule has 1 aliphatic heterocycles. The lowest BCUT2D eigenvalue weighted by atomic mass is 10.2.